The van der Waals surface area contributed by atoms with Crippen molar-refractivity contribution in [3.8, 4) is 11.3 Å². The highest BCUT2D eigenvalue weighted by Gasteiger charge is 2.17. The Morgan fingerprint density at radius 3 is 2.53 bits per heavy atom. The van der Waals surface area contributed by atoms with Crippen molar-refractivity contribution in [2.75, 3.05) is 0 Å². The highest BCUT2D eigenvalue weighted by molar-refractivity contribution is 5.86. The van der Waals surface area contributed by atoms with E-state index in [1.807, 2.05) is 0 Å². The number of aromatic amines is 1. The smallest absolute Gasteiger partial charge is 0.353 e. The molecule has 2 N–H and O–H groups in total. The van der Waals surface area contributed by atoms with Gasteiger partial charge in [0.2, 0.25) is 0 Å². The van der Waals surface area contributed by atoms with Gasteiger partial charge in [-0.15, -0.1) is 0 Å². The van der Waals surface area contributed by atoms with Crippen LogP contribution in [0, 0.1) is 17.5 Å². The summed E-state index contributed by atoms with van der Waals surface area (Å²) in [6, 6.07) is 2.75. The Kier molecular flexibility index (Phi) is 2.58. The van der Waals surface area contributed by atoms with E-state index in [2.05, 4.69) is 10.2 Å². The van der Waals surface area contributed by atoms with Gasteiger partial charge in [0.05, 0.1) is 5.69 Å². The van der Waals surface area contributed by atoms with Crippen LogP contribution in [0.15, 0.2) is 18.2 Å². The molecule has 0 saturated carbocycles. The standard InChI is InChI=1S/C10H5F3N2O2/c11-5-2-1-4(8(12)9(5)13)6-3-7(10(16)17)15-14-6/h1-3H,(H,14,15)(H,16,17). The molecule has 0 aliphatic carbocycles. The van der Waals surface area contributed by atoms with E-state index in [1.165, 1.54) is 0 Å². The number of hydrogen-bond donors (Lipinski definition) is 2. The Morgan fingerprint density at radius 2 is 1.94 bits per heavy atom. The first-order chi connectivity index (χ1) is 8.00. The lowest BCUT2D eigenvalue weighted by atomic mass is 10.1. The first-order valence-corrected chi connectivity index (χ1v) is 4.43. The molecule has 0 unspecified atom stereocenters. The van der Waals surface area contributed by atoms with Crippen molar-refractivity contribution < 1.29 is 23.1 Å². The molecule has 0 saturated heterocycles. The summed E-state index contributed by atoms with van der Waals surface area (Å²) >= 11 is 0. The van der Waals surface area contributed by atoms with Crippen LogP contribution in [0.5, 0.6) is 0 Å². The van der Waals surface area contributed by atoms with Crippen molar-refractivity contribution in [2.45, 2.75) is 0 Å². The molecular formula is C10H5F3N2O2. The minimum Gasteiger partial charge on any atom is -0.477 e. The van der Waals surface area contributed by atoms with Crippen molar-refractivity contribution in [3.63, 3.8) is 0 Å². The summed E-state index contributed by atoms with van der Waals surface area (Å²) in [5, 5.41) is 14.3. The number of benzene rings is 1. The largest absolute Gasteiger partial charge is 0.477 e. The summed E-state index contributed by atoms with van der Waals surface area (Å²) in [5.41, 5.74) is -0.699. The number of carboxylic acid groups (broad SMARTS) is 1. The van der Waals surface area contributed by atoms with Gasteiger partial charge in [-0.3, -0.25) is 5.10 Å². The van der Waals surface area contributed by atoms with Crippen LogP contribution in [0.25, 0.3) is 11.3 Å². The van der Waals surface area contributed by atoms with Gasteiger partial charge >= 0.3 is 5.97 Å². The Morgan fingerprint density at radius 1 is 1.24 bits per heavy atom. The SMILES string of the molecule is O=C(O)c1cc(-c2ccc(F)c(F)c2F)n[nH]1. The third-order valence-electron chi connectivity index (χ3n) is 2.12. The van der Waals surface area contributed by atoms with Gasteiger partial charge in [-0.1, -0.05) is 0 Å². The lowest BCUT2D eigenvalue weighted by Crippen LogP contribution is -1.95. The monoisotopic (exact) mass is 242 g/mol. The van der Waals surface area contributed by atoms with Gasteiger partial charge in [-0.25, -0.2) is 18.0 Å². The van der Waals surface area contributed by atoms with Crippen LogP contribution < -0.4 is 0 Å². The Balaban J connectivity index is 2.53. The molecule has 17 heavy (non-hydrogen) atoms. The van der Waals surface area contributed by atoms with Crippen LogP contribution in [0.1, 0.15) is 10.5 Å². The summed E-state index contributed by atoms with van der Waals surface area (Å²) < 4.78 is 39.0. The van der Waals surface area contributed by atoms with E-state index < -0.39 is 23.4 Å². The summed E-state index contributed by atoms with van der Waals surface area (Å²) in [6.45, 7) is 0. The molecule has 0 atom stereocenters. The Bertz CT molecular complexity index is 595. The van der Waals surface area contributed by atoms with Crippen LogP contribution in [0.4, 0.5) is 13.2 Å². The molecule has 7 heteroatoms. The average molecular weight is 242 g/mol. The zero-order valence-electron chi connectivity index (χ0n) is 8.17. The molecule has 0 bridgehead atoms. The van der Waals surface area contributed by atoms with Crippen molar-refractivity contribution in [2.24, 2.45) is 0 Å². The molecule has 0 aliphatic heterocycles. The molecule has 2 aromatic rings. The van der Waals surface area contributed by atoms with E-state index in [1.54, 1.807) is 0 Å². The van der Waals surface area contributed by atoms with Crippen molar-refractivity contribution >= 4 is 5.97 Å². The minimum atomic E-state index is -1.62. The number of carbonyl (C=O) groups is 1. The first kappa shape index (κ1) is 11.2. The molecule has 1 aromatic carbocycles. The number of nitrogens with one attached hydrogen (secondary N) is 1. The number of halogens is 3. The van der Waals surface area contributed by atoms with E-state index in [-0.39, 0.29) is 17.0 Å². The quantitative estimate of drug-likeness (QED) is 0.793. The maximum absolute atomic E-state index is 13.3. The molecular weight excluding hydrogens is 237 g/mol. The molecule has 1 heterocycles. The van der Waals surface area contributed by atoms with Crippen molar-refractivity contribution in [1.29, 1.82) is 0 Å². The average Bonchev–Trinajstić information content (AvgIpc) is 2.75. The van der Waals surface area contributed by atoms with Crippen LogP contribution in [-0.2, 0) is 0 Å². The molecule has 0 aliphatic rings. The van der Waals surface area contributed by atoms with Gasteiger partial charge < -0.3 is 5.11 Å². The van der Waals surface area contributed by atoms with Gasteiger partial charge in [-0.2, -0.15) is 5.10 Å². The predicted octanol–water partition coefficient (Wildman–Crippen LogP) is 2.19. The van der Waals surface area contributed by atoms with Crippen LogP contribution in [0.3, 0.4) is 0 Å². The number of aromatic nitrogens is 2. The van der Waals surface area contributed by atoms with Gasteiger partial charge in [-0.05, 0) is 18.2 Å². The van der Waals surface area contributed by atoms with E-state index in [4.69, 9.17) is 5.11 Å². The lowest BCUT2D eigenvalue weighted by molar-refractivity contribution is 0.0690. The van der Waals surface area contributed by atoms with Crippen LogP contribution in [0.2, 0.25) is 0 Å². The molecule has 0 radical (unpaired) electrons. The highest BCUT2D eigenvalue weighted by Crippen LogP contribution is 2.24. The maximum atomic E-state index is 13.3. The fraction of sp³-hybridized carbons (Fsp3) is 0. The molecule has 1 aromatic heterocycles. The maximum Gasteiger partial charge on any atom is 0.353 e. The zero-order valence-corrected chi connectivity index (χ0v) is 8.17. The van der Waals surface area contributed by atoms with Crippen LogP contribution >= 0.6 is 0 Å². The number of hydrogen-bond acceptors (Lipinski definition) is 2. The van der Waals surface area contributed by atoms with E-state index >= 15 is 0 Å². The molecule has 0 spiro atoms. The zero-order chi connectivity index (χ0) is 12.6. The molecule has 88 valence electrons. The number of carboxylic acids is 1. The van der Waals surface area contributed by atoms with Crippen LogP contribution in [-0.4, -0.2) is 21.3 Å². The fourth-order valence-corrected chi connectivity index (χ4v) is 1.29. The number of aromatic carboxylic acids is 1. The third-order valence-corrected chi connectivity index (χ3v) is 2.12. The van der Waals surface area contributed by atoms with Gasteiger partial charge in [0.1, 0.15) is 5.69 Å². The first-order valence-electron chi connectivity index (χ1n) is 4.43. The van der Waals surface area contributed by atoms with Crippen molar-refractivity contribution in [3.05, 3.63) is 41.3 Å². The second-order valence-electron chi connectivity index (χ2n) is 3.19. The summed E-state index contributed by atoms with van der Waals surface area (Å²) in [6.07, 6.45) is 0. The summed E-state index contributed by atoms with van der Waals surface area (Å²) in [4.78, 5) is 10.6. The predicted molar refractivity (Wildman–Crippen MR) is 50.9 cm³/mol. The molecule has 0 fully saturated rings. The molecule has 4 nitrogen and oxygen atoms in total. The topological polar surface area (TPSA) is 66.0 Å². The minimum absolute atomic E-state index is 0.112. The second kappa shape index (κ2) is 3.93. The third kappa shape index (κ3) is 1.86. The Hall–Kier alpha value is -2.31. The van der Waals surface area contributed by atoms with Gasteiger partial charge in [0.25, 0.3) is 0 Å². The van der Waals surface area contributed by atoms with E-state index in [0.29, 0.717) is 0 Å². The lowest BCUT2D eigenvalue weighted by Gasteiger charge is -2.00. The second-order valence-corrected chi connectivity index (χ2v) is 3.19. The molecule has 2 rings (SSSR count). The molecule has 0 amide bonds. The summed E-state index contributed by atoms with van der Waals surface area (Å²) in [5.74, 6) is -5.64. The highest BCUT2D eigenvalue weighted by atomic mass is 19.2. The van der Waals surface area contributed by atoms with E-state index in [9.17, 15) is 18.0 Å². The Labute approximate surface area is 92.7 Å². The summed E-state index contributed by atoms with van der Waals surface area (Å²) in [7, 11) is 0. The van der Waals surface area contributed by atoms with Crippen molar-refractivity contribution in [1.82, 2.24) is 10.2 Å². The number of H-pyrrole nitrogens is 1. The normalized spacial score (nSPS) is 10.5. The van der Waals surface area contributed by atoms with Gasteiger partial charge in [0.15, 0.2) is 17.5 Å². The number of nitrogens with zero attached hydrogens (tertiary/aromatic N) is 1. The number of rotatable bonds is 2. The fourth-order valence-electron chi connectivity index (χ4n) is 1.29. The van der Waals surface area contributed by atoms with Gasteiger partial charge in [0, 0.05) is 5.56 Å². The van der Waals surface area contributed by atoms with E-state index in [0.717, 1.165) is 18.2 Å².